The Labute approximate surface area is 103 Å². The van der Waals surface area contributed by atoms with Crippen molar-refractivity contribution in [3.63, 3.8) is 0 Å². The van der Waals surface area contributed by atoms with Gasteiger partial charge in [0, 0.05) is 17.7 Å². The molecule has 0 saturated carbocycles. The Morgan fingerprint density at radius 3 is 2.44 bits per heavy atom. The number of carbonyl (C=O) groups excluding carboxylic acids is 1. The molecule has 18 heavy (non-hydrogen) atoms. The van der Waals surface area contributed by atoms with Gasteiger partial charge in [0.15, 0.2) is 5.78 Å². The van der Waals surface area contributed by atoms with Gasteiger partial charge in [-0.05, 0) is 31.5 Å². The van der Waals surface area contributed by atoms with Crippen molar-refractivity contribution in [3.8, 4) is 0 Å². The molecule has 1 aromatic rings. The zero-order valence-electron chi connectivity index (χ0n) is 9.97. The lowest BCUT2D eigenvalue weighted by molar-refractivity contribution is -0.137. The van der Waals surface area contributed by atoms with E-state index in [0.717, 1.165) is 23.8 Å². The van der Waals surface area contributed by atoms with Crippen molar-refractivity contribution in [2.75, 3.05) is 5.73 Å². The summed E-state index contributed by atoms with van der Waals surface area (Å²) >= 11 is 0. The Morgan fingerprint density at radius 1 is 1.33 bits per heavy atom. The van der Waals surface area contributed by atoms with Gasteiger partial charge in [-0.2, -0.15) is 13.2 Å². The molecule has 0 fully saturated rings. The fraction of sp³-hybridized carbons (Fsp3) is 0.308. The van der Waals surface area contributed by atoms with Crippen LogP contribution in [0.15, 0.2) is 30.4 Å². The van der Waals surface area contributed by atoms with Crippen LogP contribution in [0, 0.1) is 0 Å². The number of rotatable bonds is 4. The highest BCUT2D eigenvalue weighted by Gasteiger charge is 2.31. The number of halogens is 3. The third-order valence-electron chi connectivity index (χ3n) is 2.46. The smallest absolute Gasteiger partial charge is 0.398 e. The van der Waals surface area contributed by atoms with Gasteiger partial charge in [0.2, 0.25) is 0 Å². The Bertz CT molecular complexity index is 478. The molecule has 0 atom stereocenters. The van der Waals surface area contributed by atoms with Crippen LogP contribution in [0.5, 0.6) is 0 Å². The molecule has 0 aliphatic heterocycles. The van der Waals surface area contributed by atoms with Crippen molar-refractivity contribution in [2.24, 2.45) is 0 Å². The number of alkyl halides is 3. The summed E-state index contributed by atoms with van der Waals surface area (Å²) in [6, 6.07) is 2.78. The Kier molecular flexibility index (Phi) is 4.16. The topological polar surface area (TPSA) is 43.1 Å². The fourth-order valence-corrected chi connectivity index (χ4v) is 1.44. The predicted octanol–water partition coefficient (Wildman–Crippen LogP) is 3.83. The summed E-state index contributed by atoms with van der Waals surface area (Å²) in [7, 11) is 0. The van der Waals surface area contributed by atoms with Crippen molar-refractivity contribution < 1.29 is 18.0 Å². The van der Waals surface area contributed by atoms with E-state index in [1.165, 1.54) is 0 Å². The molecule has 98 valence electrons. The second kappa shape index (κ2) is 5.25. The van der Waals surface area contributed by atoms with Gasteiger partial charge >= 0.3 is 6.18 Å². The molecule has 1 rings (SSSR count). The van der Waals surface area contributed by atoms with Crippen LogP contribution in [0.3, 0.4) is 0 Å². The number of nitrogens with two attached hydrogens (primary N) is 1. The van der Waals surface area contributed by atoms with Crippen LogP contribution in [-0.4, -0.2) is 5.78 Å². The first-order valence-corrected chi connectivity index (χ1v) is 5.36. The van der Waals surface area contributed by atoms with Crippen molar-refractivity contribution in [1.82, 2.24) is 0 Å². The van der Waals surface area contributed by atoms with Gasteiger partial charge in [-0.25, -0.2) is 0 Å². The monoisotopic (exact) mass is 257 g/mol. The molecule has 0 amide bonds. The highest BCUT2D eigenvalue weighted by atomic mass is 19.4. The van der Waals surface area contributed by atoms with E-state index in [2.05, 4.69) is 6.58 Å². The Balaban J connectivity index is 3.01. The average Bonchev–Trinajstić information content (AvgIpc) is 2.24. The average molecular weight is 257 g/mol. The number of anilines is 1. The molecule has 0 saturated heterocycles. The van der Waals surface area contributed by atoms with Crippen LogP contribution in [0.4, 0.5) is 18.9 Å². The second-order valence-corrected chi connectivity index (χ2v) is 4.18. The van der Waals surface area contributed by atoms with E-state index in [1.807, 2.05) is 0 Å². The summed E-state index contributed by atoms with van der Waals surface area (Å²) < 4.78 is 37.5. The number of ketones is 1. The zero-order valence-corrected chi connectivity index (χ0v) is 9.97. The van der Waals surface area contributed by atoms with E-state index in [-0.39, 0.29) is 17.7 Å². The van der Waals surface area contributed by atoms with Crippen molar-refractivity contribution in [2.45, 2.75) is 25.9 Å². The third kappa shape index (κ3) is 3.61. The van der Waals surface area contributed by atoms with E-state index < -0.39 is 17.5 Å². The van der Waals surface area contributed by atoms with Gasteiger partial charge in [-0.15, -0.1) is 6.58 Å². The maximum atomic E-state index is 12.5. The van der Waals surface area contributed by atoms with Crippen LogP contribution < -0.4 is 5.73 Å². The largest absolute Gasteiger partial charge is 0.416 e. The van der Waals surface area contributed by atoms with Crippen LogP contribution in [-0.2, 0) is 6.18 Å². The molecule has 0 bridgehead atoms. The number of hydrogen-bond donors (Lipinski definition) is 1. The Morgan fingerprint density at radius 2 is 1.94 bits per heavy atom. The normalized spacial score (nSPS) is 11.3. The first-order chi connectivity index (χ1) is 8.21. The minimum absolute atomic E-state index is 0.0646. The first-order valence-electron chi connectivity index (χ1n) is 5.36. The van der Waals surface area contributed by atoms with E-state index in [9.17, 15) is 18.0 Å². The van der Waals surface area contributed by atoms with Gasteiger partial charge in [-0.3, -0.25) is 4.79 Å². The van der Waals surface area contributed by atoms with Crippen LogP contribution in [0.1, 0.15) is 35.7 Å². The first kappa shape index (κ1) is 14.3. The number of benzene rings is 1. The molecule has 2 nitrogen and oxygen atoms in total. The molecule has 5 heteroatoms. The summed E-state index contributed by atoms with van der Waals surface area (Å²) in [5.74, 6) is -0.401. The third-order valence-corrected chi connectivity index (χ3v) is 2.46. The molecule has 2 N–H and O–H groups in total. The summed E-state index contributed by atoms with van der Waals surface area (Å²) in [5.41, 5.74) is 5.45. The Hall–Kier alpha value is -1.78. The maximum Gasteiger partial charge on any atom is 0.416 e. The number of allylic oxidation sites excluding steroid dienone is 1. The highest BCUT2D eigenvalue weighted by Crippen LogP contribution is 2.31. The van der Waals surface area contributed by atoms with Crippen LogP contribution >= 0.6 is 0 Å². The summed E-state index contributed by atoms with van der Waals surface area (Å²) in [6.07, 6.45) is -3.92. The molecule has 0 aliphatic rings. The summed E-state index contributed by atoms with van der Waals surface area (Å²) in [6.45, 7) is 5.39. The SMILES string of the molecule is C=C(C)CCC(=O)c1cc(C(F)(F)F)ccc1N. The molecule has 0 aliphatic carbocycles. The lowest BCUT2D eigenvalue weighted by atomic mass is 10.0. The van der Waals surface area contributed by atoms with E-state index >= 15 is 0 Å². The van der Waals surface area contributed by atoms with Gasteiger partial charge in [0.05, 0.1) is 5.56 Å². The van der Waals surface area contributed by atoms with Gasteiger partial charge < -0.3 is 5.73 Å². The number of carbonyl (C=O) groups is 1. The molecule has 0 spiro atoms. The van der Waals surface area contributed by atoms with Crippen LogP contribution in [0.2, 0.25) is 0 Å². The van der Waals surface area contributed by atoms with E-state index in [4.69, 9.17) is 5.73 Å². The summed E-state index contributed by atoms with van der Waals surface area (Å²) in [4.78, 5) is 11.8. The predicted molar refractivity (Wildman–Crippen MR) is 64.2 cm³/mol. The van der Waals surface area contributed by atoms with Crippen molar-refractivity contribution in [3.05, 3.63) is 41.5 Å². The van der Waals surface area contributed by atoms with Crippen molar-refractivity contribution in [1.29, 1.82) is 0 Å². The minimum Gasteiger partial charge on any atom is -0.398 e. The highest BCUT2D eigenvalue weighted by molar-refractivity contribution is 6.01. The van der Waals surface area contributed by atoms with E-state index in [0.29, 0.717) is 6.42 Å². The standard InChI is InChI=1S/C13H14F3NO/c1-8(2)3-6-12(18)10-7-9(13(14,15)16)4-5-11(10)17/h4-5,7H,1,3,6,17H2,2H3. The quantitative estimate of drug-likeness (QED) is 0.506. The molecule has 0 radical (unpaired) electrons. The molecule has 1 aromatic carbocycles. The van der Waals surface area contributed by atoms with Crippen LogP contribution in [0.25, 0.3) is 0 Å². The van der Waals surface area contributed by atoms with E-state index in [1.54, 1.807) is 6.92 Å². The molecule has 0 aromatic heterocycles. The molecule has 0 unspecified atom stereocenters. The zero-order chi connectivity index (χ0) is 13.9. The second-order valence-electron chi connectivity index (χ2n) is 4.18. The lowest BCUT2D eigenvalue weighted by Crippen LogP contribution is -2.10. The fourth-order valence-electron chi connectivity index (χ4n) is 1.44. The van der Waals surface area contributed by atoms with Gasteiger partial charge in [-0.1, -0.05) is 5.57 Å². The minimum atomic E-state index is -4.48. The number of hydrogen-bond acceptors (Lipinski definition) is 2. The van der Waals surface area contributed by atoms with Gasteiger partial charge in [0.25, 0.3) is 0 Å². The molecular weight excluding hydrogens is 243 g/mol. The molecule has 0 heterocycles. The molecular formula is C13H14F3NO. The number of Topliss-reactive ketones (excluding diaryl/α,β-unsaturated/α-hetero) is 1. The van der Waals surface area contributed by atoms with Gasteiger partial charge in [0.1, 0.15) is 0 Å². The van der Waals surface area contributed by atoms with Crippen molar-refractivity contribution >= 4 is 11.5 Å². The summed E-state index contributed by atoms with van der Waals surface area (Å²) in [5, 5.41) is 0. The number of nitrogen functional groups attached to an aromatic ring is 1. The maximum absolute atomic E-state index is 12.5. The lowest BCUT2D eigenvalue weighted by Gasteiger charge is -2.10.